The standard InChI is InChI=1S/C16H25NO/c1-13(2)17-10-8-16(12-18,9-11-17)15-6-4-14(3)5-7-15/h4-7,13,18H,8-12H2,1-3H3. The molecule has 0 spiro atoms. The highest BCUT2D eigenvalue weighted by Gasteiger charge is 2.36. The van der Waals surface area contributed by atoms with Crippen LogP contribution in [0.2, 0.25) is 0 Å². The number of likely N-dealkylation sites (tertiary alicyclic amines) is 1. The first-order chi connectivity index (χ1) is 8.57. The first-order valence-electron chi connectivity index (χ1n) is 6.99. The van der Waals surface area contributed by atoms with E-state index in [0.717, 1.165) is 25.9 Å². The maximum Gasteiger partial charge on any atom is 0.0528 e. The Kier molecular flexibility index (Phi) is 4.08. The van der Waals surface area contributed by atoms with Crippen molar-refractivity contribution in [2.24, 2.45) is 0 Å². The smallest absolute Gasteiger partial charge is 0.0528 e. The van der Waals surface area contributed by atoms with E-state index in [9.17, 15) is 5.11 Å². The van der Waals surface area contributed by atoms with Gasteiger partial charge in [0.15, 0.2) is 0 Å². The molecule has 18 heavy (non-hydrogen) atoms. The van der Waals surface area contributed by atoms with Crippen molar-refractivity contribution >= 4 is 0 Å². The lowest BCUT2D eigenvalue weighted by Crippen LogP contribution is -2.47. The van der Waals surface area contributed by atoms with Crippen LogP contribution in [-0.4, -0.2) is 35.7 Å². The van der Waals surface area contributed by atoms with Gasteiger partial charge in [-0.15, -0.1) is 0 Å². The SMILES string of the molecule is Cc1ccc(C2(CO)CCN(C(C)C)CC2)cc1. The first kappa shape index (κ1) is 13.6. The monoisotopic (exact) mass is 247 g/mol. The molecule has 1 saturated heterocycles. The normalized spacial score (nSPS) is 20.3. The number of aliphatic hydroxyl groups is 1. The van der Waals surface area contributed by atoms with E-state index in [-0.39, 0.29) is 12.0 Å². The van der Waals surface area contributed by atoms with Gasteiger partial charge in [-0.2, -0.15) is 0 Å². The number of hydrogen-bond donors (Lipinski definition) is 1. The third kappa shape index (κ3) is 2.60. The summed E-state index contributed by atoms with van der Waals surface area (Å²) in [7, 11) is 0. The van der Waals surface area contributed by atoms with Crippen molar-refractivity contribution in [3.05, 3.63) is 35.4 Å². The molecule has 1 heterocycles. The van der Waals surface area contributed by atoms with E-state index in [1.807, 2.05) is 0 Å². The lowest BCUT2D eigenvalue weighted by Gasteiger charge is -2.42. The molecule has 1 aliphatic heterocycles. The van der Waals surface area contributed by atoms with E-state index in [2.05, 4.69) is 49.9 Å². The molecule has 1 aromatic rings. The number of piperidine rings is 1. The van der Waals surface area contributed by atoms with Gasteiger partial charge in [-0.3, -0.25) is 0 Å². The minimum Gasteiger partial charge on any atom is -0.395 e. The average Bonchev–Trinajstić information content (AvgIpc) is 2.39. The van der Waals surface area contributed by atoms with Gasteiger partial charge in [0.1, 0.15) is 0 Å². The van der Waals surface area contributed by atoms with Gasteiger partial charge in [0.05, 0.1) is 6.61 Å². The summed E-state index contributed by atoms with van der Waals surface area (Å²) in [5.41, 5.74) is 2.57. The van der Waals surface area contributed by atoms with Crippen molar-refractivity contribution < 1.29 is 5.11 Å². The topological polar surface area (TPSA) is 23.5 Å². The Morgan fingerprint density at radius 2 is 1.72 bits per heavy atom. The summed E-state index contributed by atoms with van der Waals surface area (Å²) < 4.78 is 0. The minimum atomic E-state index is -0.0148. The van der Waals surface area contributed by atoms with Crippen LogP contribution in [0.25, 0.3) is 0 Å². The molecule has 0 bridgehead atoms. The summed E-state index contributed by atoms with van der Waals surface area (Å²) in [5.74, 6) is 0. The fourth-order valence-electron chi connectivity index (χ4n) is 2.91. The third-order valence-electron chi connectivity index (χ3n) is 4.45. The van der Waals surface area contributed by atoms with Crippen molar-refractivity contribution in [3.63, 3.8) is 0 Å². The predicted octanol–water partition coefficient (Wildman–Crippen LogP) is 2.73. The molecule has 1 aromatic carbocycles. The second-order valence-corrected chi connectivity index (χ2v) is 5.93. The van der Waals surface area contributed by atoms with Crippen molar-refractivity contribution in [1.82, 2.24) is 4.90 Å². The summed E-state index contributed by atoms with van der Waals surface area (Å²) in [6.07, 6.45) is 2.12. The van der Waals surface area contributed by atoms with Gasteiger partial charge in [0, 0.05) is 11.5 Å². The Morgan fingerprint density at radius 3 is 2.17 bits per heavy atom. The minimum absolute atomic E-state index is 0.0148. The molecule has 0 saturated carbocycles. The van der Waals surface area contributed by atoms with Crippen molar-refractivity contribution in [3.8, 4) is 0 Å². The molecule has 1 N–H and O–H groups in total. The molecular weight excluding hydrogens is 222 g/mol. The van der Waals surface area contributed by atoms with E-state index in [1.165, 1.54) is 11.1 Å². The zero-order chi connectivity index (χ0) is 13.2. The van der Waals surface area contributed by atoms with Gasteiger partial charge in [-0.25, -0.2) is 0 Å². The molecule has 0 radical (unpaired) electrons. The number of hydrogen-bond acceptors (Lipinski definition) is 2. The third-order valence-corrected chi connectivity index (χ3v) is 4.45. The highest BCUT2D eigenvalue weighted by Crippen LogP contribution is 2.35. The van der Waals surface area contributed by atoms with Crippen LogP contribution in [0.1, 0.15) is 37.8 Å². The number of aliphatic hydroxyl groups excluding tert-OH is 1. The Bertz CT molecular complexity index is 375. The molecule has 0 aromatic heterocycles. The Balaban J connectivity index is 2.16. The van der Waals surface area contributed by atoms with E-state index in [0.29, 0.717) is 6.04 Å². The van der Waals surface area contributed by atoms with E-state index in [4.69, 9.17) is 0 Å². The molecule has 0 unspecified atom stereocenters. The predicted molar refractivity (Wildman–Crippen MR) is 75.9 cm³/mol. The van der Waals surface area contributed by atoms with Crippen LogP contribution in [0, 0.1) is 6.92 Å². The second kappa shape index (κ2) is 5.41. The summed E-state index contributed by atoms with van der Waals surface area (Å²) in [5, 5.41) is 9.87. The maximum absolute atomic E-state index is 9.87. The first-order valence-corrected chi connectivity index (χ1v) is 6.99. The highest BCUT2D eigenvalue weighted by atomic mass is 16.3. The van der Waals surface area contributed by atoms with Crippen LogP contribution in [0.4, 0.5) is 0 Å². The largest absolute Gasteiger partial charge is 0.395 e. The van der Waals surface area contributed by atoms with Crippen LogP contribution in [0.15, 0.2) is 24.3 Å². The van der Waals surface area contributed by atoms with Gasteiger partial charge in [-0.1, -0.05) is 29.8 Å². The summed E-state index contributed by atoms with van der Waals surface area (Å²) in [4.78, 5) is 2.50. The van der Waals surface area contributed by atoms with Crippen LogP contribution in [0.5, 0.6) is 0 Å². The number of rotatable bonds is 3. The van der Waals surface area contributed by atoms with E-state index in [1.54, 1.807) is 0 Å². The lowest BCUT2D eigenvalue weighted by molar-refractivity contribution is 0.0849. The van der Waals surface area contributed by atoms with Crippen molar-refractivity contribution in [1.29, 1.82) is 0 Å². The molecule has 2 nitrogen and oxygen atoms in total. The zero-order valence-corrected chi connectivity index (χ0v) is 11.8. The molecule has 0 amide bonds. The van der Waals surface area contributed by atoms with Crippen molar-refractivity contribution in [2.45, 2.75) is 45.1 Å². The fraction of sp³-hybridized carbons (Fsp3) is 0.625. The number of nitrogens with zero attached hydrogens (tertiary/aromatic N) is 1. The average molecular weight is 247 g/mol. The van der Waals surface area contributed by atoms with E-state index >= 15 is 0 Å². The van der Waals surface area contributed by atoms with Crippen LogP contribution >= 0.6 is 0 Å². The Labute approximate surface area is 111 Å². The molecular formula is C16H25NO. The van der Waals surface area contributed by atoms with Crippen LogP contribution in [-0.2, 0) is 5.41 Å². The highest BCUT2D eigenvalue weighted by molar-refractivity contribution is 5.29. The molecule has 1 aliphatic rings. The summed E-state index contributed by atoms with van der Waals surface area (Å²) in [6, 6.07) is 9.30. The molecule has 1 fully saturated rings. The maximum atomic E-state index is 9.87. The molecule has 0 atom stereocenters. The molecule has 2 heteroatoms. The molecule has 2 rings (SSSR count). The zero-order valence-electron chi connectivity index (χ0n) is 11.8. The van der Waals surface area contributed by atoms with Gasteiger partial charge < -0.3 is 10.0 Å². The van der Waals surface area contributed by atoms with Gasteiger partial charge in [0.25, 0.3) is 0 Å². The second-order valence-electron chi connectivity index (χ2n) is 5.93. The number of benzene rings is 1. The fourth-order valence-corrected chi connectivity index (χ4v) is 2.91. The summed E-state index contributed by atoms with van der Waals surface area (Å²) in [6.45, 7) is 9.05. The quantitative estimate of drug-likeness (QED) is 0.888. The van der Waals surface area contributed by atoms with E-state index < -0.39 is 0 Å². The van der Waals surface area contributed by atoms with Gasteiger partial charge in [0.2, 0.25) is 0 Å². The van der Waals surface area contributed by atoms with Gasteiger partial charge in [-0.05, 0) is 52.3 Å². The van der Waals surface area contributed by atoms with Crippen molar-refractivity contribution in [2.75, 3.05) is 19.7 Å². The number of aryl methyl sites for hydroxylation is 1. The Hall–Kier alpha value is -0.860. The lowest BCUT2D eigenvalue weighted by atomic mass is 9.73. The van der Waals surface area contributed by atoms with Crippen LogP contribution in [0.3, 0.4) is 0 Å². The summed E-state index contributed by atoms with van der Waals surface area (Å²) >= 11 is 0. The molecule has 100 valence electrons. The molecule has 0 aliphatic carbocycles. The van der Waals surface area contributed by atoms with Gasteiger partial charge >= 0.3 is 0 Å². The van der Waals surface area contributed by atoms with Crippen LogP contribution < -0.4 is 0 Å². The Morgan fingerprint density at radius 1 is 1.17 bits per heavy atom.